The number of nitrogens with zero attached hydrogens (tertiary/aromatic N) is 3. The van der Waals surface area contributed by atoms with Crippen molar-refractivity contribution in [1.29, 1.82) is 0 Å². The van der Waals surface area contributed by atoms with Gasteiger partial charge in [-0.25, -0.2) is 5.25 Å². The topological polar surface area (TPSA) is 205 Å². The molecule has 0 spiro atoms. The van der Waals surface area contributed by atoms with Gasteiger partial charge in [0, 0.05) is 17.9 Å². The van der Waals surface area contributed by atoms with Crippen molar-refractivity contribution in [2.75, 3.05) is 49.0 Å². The number of aromatic nitrogens is 3. The van der Waals surface area contributed by atoms with Crippen LogP contribution in [0.15, 0.2) is 14.4 Å². The number of hydrogen-bond donors (Lipinski definition) is 0. The molecule has 364 valence electrons. The number of carboxylic acids is 3. The molecular weight excluding hydrogens is 1570 g/mol. The number of carbonyl (C=O) groups is 3. The standard InChI is InChI=1S/C5H7N3O3S.C3H8S3.3C2H4O2.C2H5.5CH4S.13CH4.8Rb/c1-12-2-8-4(10)6-3(9)7-5(8)11;4-1-3(6)2-5;3*1-2(3)4;6*1-2;;;;;;;;;;;;;;;;;;;;;/h2H2,1H3,(H2,6,7,9,10,11);3-6H,1-2H2;3*1H3,(H,3,4);1H2,2H3;5*2H,1H3;13*1H4;;;;;;;;/q;;;;;-1;;;;;;;;;;;;;;;;;;;8*+1/p-13. The van der Waals surface area contributed by atoms with Crippen molar-refractivity contribution in [1.82, 2.24) is 14.5 Å². The van der Waals surface area contributed by atoms with Gasteiger partial charge in [0.15, 0.2) is 0 Å². The van der Waals surface area contributed by atoms with Gasteiger partial charge in [0.1, 0.15) is 17.1 Å². The van der Waals surface area contributed by atoms with Gasteiger partial charge < -0.3 is 167 Å². The average Bonchev–Trinajstić information content (AvgIpc) is 2.96. The van der Waals surface area contributed by atoms with E-state index in [9.17, 15) is 14.4 Å². The molecule has 12 nitrogen and oxygen atoms in total. The molecule has 0 aromatic carbocycles. The van der Waals surface area contributed by atoms with Gasteiger partial charge in [0.05, 0.1) is 0 Å². The summed E-state index contributed by atoms with van der Waals surface area (Å²) in [6.07, 6.45) is 9.64. The van der Waals surface area contributed by atoms with Crippen LogP contribution in [-0.4, -0.2) is 76.8 Å². The van der Waals surface area contributed by atoms with E-state index < -0.39 is 35.0 Å². The second-order valence-electron chi connectivity index (χ2n) is 4.35. The molecule has 1 heterocycles. The zero-order chi connectivity index (χ0) is 36.9. The number of aliphatic carboxylic acids is 3. The molecule has 0 atom stereocenters. The van der Waals surface area contributed by atoms with Crippen molar-refractivity contribution in [2.24, 2.45) is 0 Å². The third kappa shape index (κ3) is 302. The average molecular weight is 1660 g/mol. The molecule has 29 heteroatoms. The van der Waals surface area contributed by atoms with Gasteiger partial charge in [-0.05, 0) is 32.9 Å². The summed E-state index contributed by atoms with van der Waals surface area (Å²) in [5.74, 6) is -1.84. The summed E-state index contributed by atoms with van der Waals surface area (Å²) >= 11 is 35.6. The maximum Gasteiger partial charge on any atom is 1.00 e. The zero-order valence-corrected chi connectivity index (χ0v) is 79.8. The van der Waals surface area contributed by atoms with Gasteiger partial charge in [-0.2, -0.15) is 61.5 Å². The van der Waals surface area contributed by atoms with Crippen molar-refractivity contribution < 1.29 is 495 Å². The van der Waals surface area contributed by atoms with E-state index in [1.807, 2.05) is 0 Å². The van der Waals surface area contributed by atoms with Crippen molar-refractivity contribution in [3.63, 3.8) is 0 Å². The number of carboxylic acid groups (broad SMARTS) is 3. The summed E-state index contributed by atoms with van der Waals surface area (Å²) in [5.41, 5.74) is -2.70. The van der Waals surface area contributed by atoms with Crippen LogP contribution in [0.3, 0.4) is 0 Å². The van der Waals surface area contributed by atoms with Gasteiger partial charge in [-0.15, -0.1) is 0 Å². The molecule has 0 aliphatic carbocycles. The first-order chi connectivity index (χ1) is 19.7. The van der Waals surface area contributed by atoms with Crippen molar-refractivity contribution in [3.8, 4) is 0 Å². The SMILES string of the molecule is C.C.C.C.C.C.C.C.C.C.C.C.C.CC(=O)[O-].CC(=O)[O-].CC(=O)[O-].CSCn1c(=O)[n-]c(=O)[n-]c1=O.C[S-].C[S-].C[S-].C[S-].C[S-].[CH2-]C.[Rb+].[Rb+].[Rb+].[Rb+].[Rb+].[Rb+].[Rb+].[Rb+].[S-]CC([S-])C[S-]. The van der Waals surface area contributed by atoms with E-state index in [2.05, 4.69) is 105 Å². The number of rotatable bonds is 4. The largest absolute Gasteiger partial charge is 1.00 e. The van der Waals surface area contributed by atoms with Crippen LogP contribution in [0.1, 0.15) is 124 Å². The van der Waals surface area contributed by atoms with Gasteiger partial charge in [0.25, 0.3) is 0 Å². The van der Waals surface area contributed by atoms with E-state index in [0.29, 0.717) is 11.5 Å². The second kappa shape index (κ2) is 220. The predicted molar refractivity (Wildman–Crippen MR) is 276 cm³/mol. The van der Waals surface area contributed by atoms with Crippen LogP contribution in [0, 0.1) is 6.92 Å². The van der Waals surface area contributed by atoms with E-state index in [0.717, 1.165) is 25.3 Å². The molecule has 0 aliphatic rings. The summed E-state index contributed by atoms with van der Waals surface area (Å²) in [7, 11) is 0. The zero-order valence-electron chi connectivity index (χ0n) is 33.1. The third-order valence-electron chi connectivity index (χ3n) is 1.47. The Morgan fingerprint density at radius 1 is 0.508 bits per heavy atom. The van der Waals surface area contributed by atoms with Crippen LogP contribution in [-0.2, 0) is 121 Å². The molecule has 0 aliphatic heterocycles. The van der Waals surface area contributed by atoms with Gasteiger partial charge in [-0.3, -0.25) is 0 Å². The van der Waals surface area contributed by atoms with Crippen LogP contribution >= 0.6 is 11.8 Å². The molecule has 63 heavy (non-hydrogen) atoms. The Bertz CT molecular complexity index is 763. The molecule has 0 fully saturated rings. The predicted octanol–water partition coefficient (Wildman–Crippen LogP) is -20.0. The van der Waals surface area contributed by atoms with E-state index in [1.54, 1.807) is 44.5 Å². The maximum atomic E-state index is 10.8. The van der Waals surface area contributed by atoms with Crippen molar-refractivity contribution in [2.45, 2.75) is 135 Å². The van der Waals surface area contributed by atoms with Gasteiger partial charge in [-0.1, -0.05) is 96.5 Å². The van der Waals surface area contributed by atoms with Crippen LogP contribution in [0.5, 0.6) is 0 Å². The number of thioether (sulfide) groups is 1. The molecular formula is C34H91N3O9Rb8S9-6. The van der Waals surface area contributed by atoms with Crippen LogP contribution in [0.2, 0.25) is 0 Å². The molecule has 1 rings (SSSR count). The number of carbonyl (C=O) groups excluding carboxylic acids is 3. The first-order valence-electron chi connectivity index (χ1n) is 10.1. The Morgan fingerprint density at radius 3 is 0.714 bits per heavy atom. The molecule has 0 saturated carbocycles. The maximum absolute atomic E-state index is 10.8. The van der Waals surface area contributed by atoms with E-state index in [1.165, 1.54) is 11.8 Å². The Labute approximate surface area is 837 Å². The van der Waals surface area contributed by atoms with Gasteiger partial charge in [0.2, 0.25) is 0 Å². The minimum atomic E-state index is -1.08. The Morgan fingerprint density at radius 2 is 0.635 bits per heavy atom. The summed E-state index contributed by atoms with van der Waals surface area (Å²) in [5, 5.41) is 26.8. The molecule has 0 amide bonds. The Balaban J connectivity index is -0.00000000633. The fraction of sp³-hybridized carbons (Fsp3) is 0.794. The molecule has 0 radical (unpaired) electrons. The normalized spacial score (nSPS) is 4.63. The first kappa shape index (κ1) is 210. The molecule has 0 saturated heterocycles. The first-order valence-corrected chi connectivity index (χ1v) is 17.2. The summed E-state index contributed by atoms with van der Waals surface area (Å²) in [4.78, 5) is 64.8. The quantitative estimate of drug-likeness (QED) is 0.203. The smallest absolute Gasteiger partial charge is 0.796 e. The molecule has 0 bridgehead atoms. The minimum Gasteiger partial charge on any atom is -0.796 e. The molecule has 1 aromatic rings. The van der Waals surface area contributed by atoms with Gasteiger partial charge >= 0.3 is 465 Å². The number of hydrogen-bond acceptors (Lipinski definition) is 18. The van der Waals surface area contributed by atoms with Crippen LogP contribution in [0.4, 0.5) is 0 Å². The van der Waals surface area contributed by atoms with Crippen LogP contribution < -0.4 is 508 Å². The fourth-order valence-electron chi connectivity index (χ4n) is 0.679. The third-order valence-corrected chi connectivity index (χ3v) is 3.55. The summed E-state index contributed by atoms with van der Waals surface area (Å²) in [6, 6.07) is 0. The van der Waals surface area contributed by atoms with Crippen LogP contribution in [0.25, 0.3) is 0 Å². The Hall–Kier alpha value is 14.4. The molecule has 0 unspecified atom stereocenters. The second-order valence-corrected chi connectivity index (χ2v) is 6.52. The summed E-state index contributed by atoms with van der Waals surface area (Å²) in [6.45, 7) is 7.92. The minimum absolute atomic E-state index is 0. The van der Waals surface area contributed by atoms with E-state index >= 15 is 0 Å². The monoisotopic (exact) mass is 1650 g/mol. The fourth-order valence-corrected chi connectivity index (χ4v) is 1.54. The van der Waals surface area contributed by atoms with Crippen molar-refractivity contribution >= 4 is 131 Å². The van der Waals surface area contributed by atoms with E-state index in [-0.39, 0.29) is 573 Å². The Kier molecular flexibility index (Phi) is 734. The molecule has 1 aromatic heterocycles. The summed E-state index contributed by atoms with van der Waals surface area (Å²) < 4.78 is 0.798. The molecule has 0 N–H and O–H groups in total. The van der Waals surface area contributed by atoms with Crippen molar-refractivity contribution in [3.05, 3.63) is 38.4 Å². The van der Waals surface area contributed by atoms with E-state index in [4.69, 9.17) is 42.3 Å².